The molecule has 0 N–H and O–H groups in total. The Kier molecular flexibility index (Phi) is 7.81. The third-order valence-electron chi connectivity index (χ3n) is 10.5. The summed E-state index contributed by atoms with van der Waals surface area (Å²) in [5, 5.41) is 3.77. The summed E-state index contributed by atoms with van der Waals surface area (Å²) in [5.41, 5.74) is 10.6. The lowest BCUT2D eigenvalue weighted by Crippen LogP contribution is -2.15. The van der Waals surface area contributed by atoms with Crippen molar-refractivity contribution in [3.05, 3.63) is 117 Å². The Morgan fingerprint density at radius 2 is 0.860 bits per heavy atom. The highest BCUT2D eigenvalue weighted by atomic mass is 79.9. The molecule has 7 aromatic rings. The van der Waals surface area contributed by atoms with Gasteiger partial charge in [-0.1, -0.05) is 119 Å². The van der Waals surface area contributed by atoms with Gasteiger partial charge in [-0.25, -0.2) is 4.39 Å². The second-order valence-corrected chi connectivity index (χ2v) is 19.1. The Bertz CT molecular complexity index is 2350. The lowest BCUT2D eigenvalue weighted by Gasteiger charge is -2.30. The largest absolute Gasteiger partial charge is 0.309 e. The molecule has 258 valence electrons. The Labute approximate surface area is 305 Å². The maximum absolute atomic E-state index is 17.5. The lowest BCUT2D eigenvalue weighted by atomic mass is 9.85. The van der Waals surface area contributed by atoms with Gasteiger partial charge in [0.2, 0.25) is 0 Å². The minimum atomic E-state index is -0.236. The molecule has 0 aliphatic rings. The van der Waals surface area contributed by atoms with Crippen LogP contribution in [0.25, 0.3) is 38.1 Å². The van der Waals surface area contributed by atoms with E-state index < -0.39 is 0 Å². The standard InChI is InChI=1S/C46H50BrFN2/c1-43(2,3)27-13-19-31(20-14-27)49(32-21-15-28(16-22-32)44(4,5)6)42-38-34-26-30(46(10,11)12)18-24-36(34)50-35-23-17-29(45(7,8)9)25-33(35)37(41(38)50)40(48)39(42)47/h13-26H,1-12H3. The molecule has 0 unspecified atom stereocenters. The van der Waals surface area contributed by atoms with Gasteiger partial charge in [-0.15, -0.1) is 0 Å². The summed E-state index contributed by atoms with van der Waals surface area (Å²) in [4.78, 5) is 2.25. The summed E-state index contributed by atoms with van der Waals surface area (Å²) in [6.45, 7) is 26.8. The second kappa shape index (κ2) is 11.3. The summed E-state index contributed by atoms with van der Waals surface area (Å²) < 4.78 is 20.2. The number of benzene rings is 5. The van der Waals surface area contributed by atoms with Crippen LogP contribution in [-0.4, -0.2) is 4.40 Å². The first kappa shape index (κ1) is 34.6. The predicted molar refractivity (Wildman–Crippen MR) is 218 cm³/mol. The molecule has 4 heteroatoms. The number of aromatic nitrogens is 1. The average molecular weight is 730 g/mol. The molecule has 0 spiro atoms. The number of fused-ring (bicyclic) bond motifs is 6. The van der Waals surface area contributed by atoms with E-state index in [1.165, 1.54) is 22.3 Å². The lowest BCUT2D eigenvalue weighted by molar-refractivity contribution is 0.590. The SMILES string of the molecule is CC(C)(C)c1ccc(N(c2ccc(C(C)(C)C)cc2)c2c(Br)c(F)c3c4cc(C(C)(C)C)ccc4n4c5ccc(C(C)(C)C)cc5c2c34)cc1. The van der Waals surface area contributed by atoms with Crippen LogP contribution in [0.4, 0.5) is 21.5 Å². The maximum atomic E-state index is 17.5. The highest BCUT2D eigenvalue weighted by Crippen LogP contribution is 2.53. The fraction of sp³-hybridized carbons (Fsp3) is 0.348. The zero-order valence-electron chi connectivity index (χ0n) is 31.7. The van der Waals surface area contributed by atoms with Crippen LogP contribution < -0.4 is 4.90 Å². The van der Waals surface area contributed by atoms with Gasteiger partial charge in [-0.3, -0.25) is 0 Å². The molecule has 0 saturated heterocycles. The minimum Gasteiger partial charge on any atom is -0.309 e. The molecular weight excluding hydrogens is 679 g/mol. The Morgan fingerprint density at radius 3 is 1.24 bits per heavy atom. The van der Waals surface area contributed by atoms with Gasteiger partial charge in [-0.2, -0.15) is 0 Å². The smallest absolute Gasteiger partial charge is 0.149 e. The Hall–Kier alpha value is -3.89. The molecule has 0 atom stereocenters. The molecule has 2 aromatic heterocycles. The first-order valence-electron chi connectivity index (χ1n) is 17.8. The van der Waals surface area contributed by atoms with Crippen LogP contribution in [0.15, 0.2) is 89.4 Å². The number of hydrogen-bond acceptors (Lipinski definition) is 1. The summed E-state index contributed by atoms with van der Waals surface area (Å²) in [6, 6.07) is 31.0. The third-order valence-corrected chi connectivity index (χ3v) is 11.2. The Morgan fingerprint density at radius 1 is 0.500 bits per heavy atom. The van der Waals surface area contributed by atoms with Crippen molar-refractivity contribution in [1.82, 2.24) is 4.40 Å². The minimum absolute atomic E-state index is 0.00649. The summed E-state index contributed by atoms with van der Waals surface area (Å²) in [5.74, 6) is -0.236. The topological polar surface area (TPSA) is 7.65 Å². The fourth-order valence-corrected chi connectivity index (χ4v) is 7.97. The van der Waals surface area contributed by atoms with Gasteiger partial charge in [-0.05, 0) is 108 Å². The first-order valence-corrected chi connectivity index (χ1v) is 18.6. The van der Waals surface area contributed by atoms with Crippen molar-refractivity contribution < 1.29 is 4.39 Å². The van der Waals surface area contributed by atoms with Crippen LogP contribution in [0, 0.1) is 5.82 Å². The van der Waals surface area contributed by atoms with E-state index >= 15 is 4.39 Å². The average Bonchev–Trinajstić information content (AvgIpc) is 3.53. The van der Waals surface area contributed by atoms with Crippen molar-refractivity contribution in [3.8, 4) is 0 Å². The van der Waals surface area contributed by atoms with E-state index in [0.717, 1.165) is 49.8 Å². The summed E-state index contributed by atoms with van der Waals surface area (Å²) >= 11 is 3.92. The van der Waals surface area contributed by atoms with Crippen molar-refractivity contribution >= 4 is 71.1 Å². The van der Waals surface area contributed by atoms with Crippen LogP contribution in [-0.2, 0) is 21.7 Å². The highest BCUT2D eigenvalue weighted by Gasteiger charge is 2.31. The van der Waals surface area contributed by atoms with Crippen molar-refractivity contribution in [2.45, 2.75) is 105 Å². The molecule has 2 nitrogen and oxygen atoms in total. The Balaban J connectivity index is 1.66. The number of rotatable bonds is 3. The van der Waals surface area contributed by atoms with E-state index in [-0.39, 0.29) is 27.5 Å². The zero-order chi connectivity index (χ0) is 36.3. The molecule has 0 bridgehead atoms. The fourth-order valence-electron chi connectivity index (χ4n) is 7.39. The van der Waals surface area contributed by atoms with Crippen LogP contribution in [0.2, 0.25) is 0 Å². The molecule has 7 rings (SSSR count). The number of hydrogen-bond donors (Lipinski definition) is 0. The van der Waals surface area contributed by atoms with Crippen molar-refractivity contribution in [3.63, 3.8) is 0 Å². The third kappa shape index (κ3) is 5.50. The van der Waals surface area contributed by atoms with Crippen LogP contribution in [0.5, 0.6) is 0 Å². The molecule has 2 heterocycles. The van der Waals surface area contributed by atoms with Gasteiger partial charge in [0.1, 0.15) is 5.82 Å². The van der Waals surface area contributed by atoms with Gasteiger partial charge >= 0.3 is 0 Å². The summed E-state index contributed by atoms with van der Waals surface area (Å²) in [6.07, 6.45) is 0. The normalized spacial score (nSPS) is 13.4. The number of anilines is 3. The van der Waals surface area contributed by atoms with Crippen molar-refractivity contribution in [2.75, 3.05) is 4.90 Å². The molecule has 0 aliphatic heterocycles. The molecule has 0 fully saturated rings. The predicted octanol–water partition coefficient (Wildman–Crippen LogP) is 14.4. The van der Waals surface area contributed by atoms with Gasteiger partial charge < -0.3 is 9.30 Å². The van der Waals surface area contributed by atoms with Gasteiger partial charge in [0.25, 0.3) is 0 Å². The molecular formula is C46H50BrFN2. The molecule has 5 aromatic carbocycles. The number of halogens is 2. The van der Waals surface area contributed by atoms with Crippen molar-refractivity contribution in [2.24, 2.45) is 0 Å². The van der Waals surface area contributed by atoms with E-state index in [4.69, 9.17) is 0 Å². The monoisotopic (exact) mass is 728 g/mol. The van der Waals surface area contributed by atoms with Crippen molar-refractivity contribution in [1.29, 1.82) is 0 Å². The molecule has 0 amide bonds. The van der Waals surface area contributed by atoms with Crippen LogP contribution in [0.3, 0.4) is 0 Å². The van der Waals surface area contributed by atoms with Crippen LogP contribution >= 0.6 is 15.9 Å². The molecule has 0 saturated carbocycles. The van der Waals surface area contributed by atoms with Gasteiger partial charge in [0, 0.05) is 32.9 Å². The summed E-state index contributed by atoms with van der Waals surface area (Å²) in [7, 11) is 0. The molecule has 50 heavy (non-hydrogen) atoms. The van der Waals surface area contributed by atoms with E-state index in [1.54, 1.807) is 0 Å². The highest BCUT2D eigenvalue weighted by molar-refractivity contribution is 9.10. The van der Waals surface area contributed by atoms with E-state index in [1.807, 2.05) is 0 Å². The second-order valence-electron chi connectivity index (χ2n) is 18.3. The van der Waals surface area contributed by atoms with E-state index in [2.05, 4.69) is 193 Å². The van der Waals surface area contributed by atoms with E-state index in [9.17, 15) is 0 Å². The van der Waals surface area contributed by atoms with Crippen LogP contribution in [0.1, 0.15) is 105 Å². The first-order chi connectivity index (χ1) is 23.2. The number of nitrogens with zero attached hydrogens (tertiary/aromatic N) is 2. The van der Waals surface area contributed by atoms with Gasteiger partial charge in [0.05, 0.1) is 26.7 Å². The molecule has 0 aliphatic carbocycles. The maximum Gasteiger partial charge on any atom is 0.149 e. The molecule has 0 radical (unpaired) electrons. The van der Waals surface area contributed by atoms with E-state index in [0.29, 0.717) is 9.86 Å². The quantitative estimate of drug-likeness (QED) is 0.176. The van der Waals surface area contributed by atoms with Gasteiger partial charge in [0.15, 0.2) is 0 Å². The zero-order valence-corrected chi connectivity index (χ0v) is 33.3.